The maximum absolute atomic E-state index is 13.0. The zero-order valence-electron chi connectivity index (χ0n) is 8.22. The lowest BCUT2D eigenvalue weighted by atomic mass is 10.1. The Labute approximate surface area is 91.0 Å². The number of rotatable bonds is 2. The van der Waals surface area contributed by atoms with Crippen LogP contribution < -0.4 is 5.73 Å². The lowest BCUT2D eigenvalue weighted by Crippen LogP contribution is -2.13. The Morgan fingerprint density at radius 2 is 1.94 bits per heavy atom. The smallest absolute Gasteiger partial charge is 0.249 e. The fraction of sp³-hybridized carbons (Fsp3) is 0. The quantitative estimate of drug-likeness (QED) is 0.826. The summed E-state index contributed by atoms with van der Waals surface area (Å²) in [5.41, 5.74) is 5.66. The first kappa shape index (κ1) is 10.2. The number of benzene rings is 1. The van der Waals surface area contributed by atoms with Gasteiger partial charge in [0, 0.05) is 18.0 Å². The number of halogens is 1. The van der Waals surface area contributed by atoms with Crippen LogP contribution in [0.15, 0.2) is 36.7 Å². The lowest BCUT2D eigenvalue weighted by Gasteiger charge is -2.04. The summed E-state index contributed by atoms with van der Waals surface area (Å²) in [6, 6.07) is 5.40. The van der Waals surface area contributed by atoms with Gasteiger partial charge >= 0.3 is 0 Å². The highest BCUT2D eigenvalue weighted by Crippen LogP contribution is 2.20. The molecule has 0 saturated carbocycles. The Kier molecular flexibility index (Phi) is 2.59. The zero-order chi connectivity index (χ0) is 11.5. The van der Waals surface area contributed by atoms with E-state index in [0.717, 1.165) is 6.07 Å². The van der Waals surface area contributed by atoms with Crippen LogP contribution in [0.5, 0.6) is 0 Å². The van der Waals surface area contributed by atoms with E-state index in [-0.39, 0.29) is 5.56 Å². The molecular formula is C11H8FN3O. The highest BCUT2D eigenvalue weighted by molar-refractivity contribution is 5.98. The summed E-state index contributed by atoms with van der Waals surface area (Å²) in [6.45, 7) is 0. The summed E-state index contributed by atoms with van der Waals surface area (Å²) in [5.74, 6) is -0.883. The van der Waals surface area contributed by atoms with Crippen molar-refractivity contribution in [3.63, 3.8) is 0 Å². The van der Waals surface area contributed by atoms with E-state index in [1.165, 1.54) is 24.5 Å². The molecule has 80 valence electrons. The van der Waals surface area contributed by atoms with Crippen LogP contribution in [0.2, 0.25) is 0 Å². The molecule has 1 aromatic heterocycles. The number of hydrogen-bond donors (Lipinski definition) is 1. The maximum Gasteiger partial charge on any atom is 0.249 e. The SMILES string of the molecule is NC(=O)c1cc(F)ccc1-c1ncccn1. The van der Waals surface area contributed by atoms with Gasteiger partial charge < -0.3 is 5.73 Å². The predicted molar refractivity (Wildman–Crippen MR) is 55.9 cm³/mol. The standard InChI is InChI=1S/C11H8FN3O/c12-7-2-3-8(9(6-7)10(13)16)11-14-4-1-5-15-11/h1-6H,(H2,13,16). The largest absolute Gasteiger partial charge is 0.366 e. The summed E-state index contributed by atoms with van der Waals surface area (Å²) in [5, 5.41) is 0. The lowest BCUT2D eigenvalue weighted by molar-refractivity contribution is 0.100. The van der Waals surface area contributed by atoms with Gasteiger partial charge in [-0.1, -0.05) is 0 Å². The van der Waals surface area contributed by atoms with Crippen LogP contribution in [0.4, 0.5) is 4.39 Å². The third-order valence-corrected chi connectivity index (χ3v) is 2.05. The normalized spacial score (nSPS) is 10.1. The first-order valence-corrected chi connectivity index (χ1v) is 4.55. The molecule has 2 rings (SSSR count). The number of amides is 1. The van der Waals surface area contributed by atoms with Crippen LogP contribution in [-0.2, 0) is 0 Å². The number of aromatic nitrogens is 2. The van der Waals surface area contributed by atoms with Crippen molar-refractivity contribution < 1.29 is 9.18 Å². The molecule has 0 unspecified atom stereocenters. The minimum Gasteiger partial charge on any atom is -0.366 e. The molecule has 0 bridgehead atoms. The number of nitrogens with zero attached hydrogens (tertiary/aromatic N) is 2. The van der Waals surface area contributed by atoms with Gasteiger partial charge in [-0.15, -0.1) is 0 Å². The molecule has 2 N–H and O–H groups in total. The van der Waals surface area contributed by atoms with E-state index in [1.807, 2.05) is 0 Å². The summed E-state index contributed by atoms with van der Waals surface area (Å²) in [4.78, 5) is 19.1. The molecule has 4 nitrogen and oxygen atoms in total. The maximum atomic E-state index is 13.0. The van der Waals surface area contributed by atoms with Crippen molar-refractivity contribution in [2.75, 3.05) is 0 Å². The summed E-state index contributed by atoms with van der Waals surface area (Å²) < 4.78 is 13.0. The van der Waals surface area contributed by atoms with Gasteiger partial charge in [0.2, 0.25) is 5.91 Å². The number of carbonyl (C=O) groups excluding carboxylic acids is 1. The van der Waals surface area contributed by atoms with E-state index < -0.39 is 11.7 Å². The molecule has 0 aliphatic rings. The summed E-state index contributed by atoms with van der Waals surface area (Å²) in [7, 11) is 0. The molecule has 1 aromatic carbocycles. The van der Waals surface area contributed by atoms with E-state index in [0.29, 0.717) is 11.4 Å². The molecule has 0 aliphatic heterocycles. The Hall–Kier alpha value is -2.30. The van der Waals surface area contributed by atoms with Crippen molar-refractivity contribution in [1.29, 1.82) is 0 Å². The second-order valence-electron chi connectivity index (χ2n) is 3.13. The van der Waals surface area contributed by atoms with Crippen molar-refractivity contribution in [3.8, 4) is 11.4 Å². The van der Waals surface area contributed by atoms with Crippen molar-refractivity contribution in [2.24, 2.45) is 5.73 Å². The van der Waals surface area contributed by atoms with E-state index in [9.17, 15) is 9.18 Å². The van der Waals surface area contributed by atoms with Gasteiger partial charge in [0.25, 0.3) is 0 Å². The van der Waals surface area contributed by atoms with Gasteiger partial charge in [-0.3, -0.25) is 4.79 Å². The first-order chi connectivity index (χ1) is 7.68. The molecule has 1 heterocycles. The average molecular weight is 217 g/mol. The minimum absolute atomic E-state index is 0.0752. The molecule has 0 aliphatic carbocycles. The number of carbonyl (C=O) groups is 1. The Morgan fingerprint density at radius 3 is 2.56 bits per heavy atom. The third kappa shape index (κ3) is 1.88. The second kappa shape index (κ2) is 4.06. The topological polar surface area (TPSA) is 68.9 Å². The van der Waals surface area contributed by atoms with Crippen LogP contribution in [0, 0.1) is 5.82 Å². The van der Waals surface area contributed by atoms with E-state index >= 15 is 0 Å². The molecule has 2 aromatic rings. The highest BCUT2D eigenvalue weighted by atomic mass is 19.1. The molecule has 1 amide bonds. The Morgan fingerprint density at radius 1 is 1.25 bits per heavy atom. The van der Waals surface area contributed by atoms with E-state index in [1.54, 1.807) is 6.07 Å². The van der Waals surface area contributed by atoms with E-state index in [2.05, 4.69) is 9.97 Å². The third-order valence-electron chi connectivity index (χ3n) is 2.05. The van der Waals surface area contributed by atoms with Crippen molar-refractivity contribution in [3.05, 3.63) is 48.0 Å². The molecule has 16 heavy (non-hydrogen) atoms. The highest BCUT2D eigenvalue weighted by Gasteiger charge is 2.12. The van der Waals surface area contributed by atoms with Gasteiger partial charge in [-0.2, -0.15) is 0 Å². The van der Waals surface area contributed by atoms with Crippen LogP contribution in [0.1, 0.15) is 10.4 Å². The van der Waals surface area contributed by atoms with Crippen molar-refractivity contribution >= 4 is 5.91 Å². The molecule has 0 spiro atoms. The van der Waals surface area contributed by atoms with Crippen molar-refractivity contribution in [2.45, 2.75) is 0 Å². The van der Waals surface area contributed by atoms with Gasteiger partial charge in [-0.25, -0.2) is 14.4 Å². The first-order valence-electron chi connectivity index (χ1n) is 4.55. The molecule has 0 saturated heterocycles. The molecular weight excluding hydrogens is 209 g/mol. The van der Waals surface area contributed by atoms with Crippen LogP contribution in [0.3, 0.4) is 0 Å². The van der Waals surface area contributed by atoms with E-state index in [4.69, 9.17) is 5.73 Å². The number of hydrogen-bond acceptors (Lipinski definition) is 3. The molecule has 0 radical (unpaired) electrons. The summed E-state index contributed by atoms with van der Waals surface area (Å²) >= 11 is 0. The Balaban J connectivity index is 2.61. The fourth-order valence-corrected chi connectivity index (χ4v) is 1.35. The van der Waals surface area contributed by atoms with Crippen molar-refractivity contribution in [1.82, 2.24) is 9.97 Å². The molecule has 0 fully saturated rings. The van der Waals surface area contributed by atoms with Gasteiger partial charge in [0.15, 0.2) is 5.82 Å². The van der Waals surface area contributed by atoms with Gasteiger partial charge in [-0.05, 0) is 24.3 Å². The average Bonchev–Trinajstić information content (AvgIpc) is 2.30. The van der Waals surface area contributed by atoms with Crippen LogP contribution >= 0.6 is 0 Å². The summed E-state index contributed by atoms with van der Waals surface area (Å²) in [6.07, 6.45) is 3.08. The van der Waals surface area contributed by atoms with Crippen LogP contribution in [0.25, 0.3) is 11.4 Å². The van der Waals surface area contributed by atoms with Gasteiger partial charge in [0.05, 0.1) is 5.56 Å². The second-order valence-corrected chi connectivity index (χ2v) is 3.13. The predicted octanol–water partition coefficient (Wildman–Crippen LogP) is 1.38. The minimum atomic E-state index is -0.707. The molecule has 5 heteroatoms. The van der Waals surface area contributed by atoms with Crippen LogP contribution in [-0.4, -0.2) is 15.9 Å². The monoisotopic (exact) mass is 217 g/mol. The number of primary amides is 1. The Bertz CT molecular complexity index is 528. The molecule has 0 atom stereocenters. The fourth-order valence-electron chi connectivity index (χ4n) is 1.35. The zero-order valence-corrected chi connectivity index (χ0v) is 8.22. The number of nitrogens with two attached hydrogens (primary N) is 1. The van der Waals surface area contributed by atoms with Gasteiger partial charge in [0.1, 0.15) is 5.82 Å².